The van der Waals surface area contributed by atoms with Crippen molar-refractivity contribution >= 4 is 27.6 Å². The summed E-state index contributed by atoms with van der Waals surface area (Å²) >= 11 is 0.922. The fraction of sp³-hybridized carbons (Fsp3) is 0.222. The third-order valence-electron chi connectivity index (χ3n) is 1.86. The van der Waals surface area contributed by atoms with Gasteiger partial charge in [-0.2, -0.15) is 0 Å². The largest absolute Gasteiger partial charge is 0.478 e. The van der Waals surface area contributed by atoms with Crippen LogP contribution in [0.2, 0.25) is 0 Å². The van der Waals surface area contributed by atoms with E-state index in [4.69, 9.17) is 5.11 Å². The van der Waals surface area contributed by atoms with E-state index in [1.807, 2.05) is 0 Å². The van der Waals surface area contributed by atoms with Crippen molar-refractivity contribution in [2.75, 3.05) is 12.5 Å². The first-order valence-electron chi connectivity index (χ1n) is 4.08. The molecule has 1 rings (SSSR count). The lowest BCUT2D eigenvalue weighted by Gasteiger charge is -2.07. The summed E-state index contributed by atoms with van der Waals surface area (Å²) in [6.45, 7) is 0. The van der Waals surface area contributed by atoms with Gasteiger partial charge in [0.15, 0.2) is 9.84 Å². The second-order valence-corrected chi connectivity index (χ2v) is 5.87. The van der Waals surface area contributed by atoms with Gasteiger partial charge in [0, 0.05) is 6.26 Å². The van der Waals surface area contributed by atoms with E-state index in [1.165, 1.54) is 6.26 Å². The summed E-state index contributed by atoms with van der Waals surface area (Å²) in [6, 6.07) is 1.77. The summed E-state index contributed by atoms with van der Waals surface area (Å²) in [5, 5.41) is 8.69. The zero-order valence-electron chi connectivity index (χ0n) is 8.52. The molecule has 1 aromatic rings. The van der Waals surface area contributed by atoms with E-state index in [9.17, 15) is 17.6 Å². The smallest absolute Gasteiger partial charge is 0.335 e. The summed E-state index contributed by atoms with van der Waals surface area (Å²) in [5.74, 6) is -2.20. The van der Waals surface area contributed by atoms with E-state index in [1.54, 1.807) is 0 Å². The lowest BCUT2D eigenvalue weighted by Crippen LogP contribution is -2.06. The quantitative estimate of drug-likeness (QED) is 0.840. The highest BCUT2D eigenvalue weighted by Crippen LogP contribution is 2.29. The number of rotatable bonds is 3. The third-order valence-corrected chi connectivity index (χ3v) is 3.93. The molecule has 0 radical (unpaired) electrons. The van der Waals surface area contributed by atoms with Gasteiger partial charge in [0.1, 0.15) is 5.82 Å². The van der Waals surface area contributed by atoms with E-state index >= 15 is 0 Å². The number of hydrogen-bond acceptors (Lipinski definition) is 4. The minimum Gasteiger partial charge on any atom is -0.478 e. The second-order valence-electron chi connectivity index (χ2n) is 3.07. The molecule has 0 bridgehead atoms. The first kappa shape index (κ1) is 13.0. The Morgan fingerprint density at radius 3 is 2.38 bits per heavy atom. The van der Waals surface area contributed by atoms with Crippen LogP contribution in [0.3, 0.4) is 0 Å². The highest BCUT2D eigenvalue weighted by molar-refractivity contribution is 7.99. The van der Waals surface area contributed by atoms with Gasteiger partial charge in [-0.1, -0.05) is 0 Å². The Kier molecular flexibility index (Phi) is 3.59. The predicted octanol–water partition coefficient (Wildman–Crippen LogP) is 1.65. The van der Waals surface area contributed by atoms with E-state index in [-0.39, 0.29) is 15.4 Å². The Balaban J connectivity index is 3.62. The van der Waals surface area contributed by atoms with Crippen molar-refractivity contribution in [2.45, 2.75) is 9.79 Å². The highest BCUT2D eigenvalue weighted by atomic mass is 32.2. The van der Waals surface area contributed by atoms with Gasteiger partial charge in [-0.05, 0) is 18.4 Å². The Hall–Kier alpha value is -1.08. The van der Waals surface area contributed by atoms with Crippen LogP contribution in [-0.2, 0) is 9.84 Å². The Morgan fingerprint density at radius 2 is 2.00 bits per heavy atom. The van der Waals surface area contributed by atoms with Gasteiger partial charge < -0.3 is 5.11 Å². The number of aromatic carboxylic acids is 1. The number of sulfone groups is 1. The van der Waals surface area contributed by atoms with Crippen LogP contribution in [0.25, 0.3) is 0 Å². The van der Waals surface area contributed by atoms with E-state index in [2.05, 4.69) is 0 Å². The summed E-state index contributed by atoms with van der Waals surface area (Å²) in [7, 11) is -3.65. The van der Waals surface area contributed by atoms with Crippen molar-refractivity contribution in [3.63, 3.8) is 0 Å². The van der Waals surface area contributed by atoms with Gasteiger partial charge in [-0.25, -0.2) is 17.6 Å². The summed E-state index contributed by atoms with van der Waals surface area (Å²) in [6.07, 6.45) is 2.43. The number of hydrogen-bond donors (Lipinski definition) is 1. The molecule has 4 nitrogen and oxygen atoms in total. The maximum absolute atomic E-state index is 13.5. The molecule has 7 heteroatoms. The van der Waals surface area contributed by atoms with Gasteiger partial charge in [-0.3, -0.25) is 0 Å². The van der Waals surface area contributed by atoms with Crippen LogP contribution in [0, 0.1) is 5.82 Å². The number of carboxylic acid groups (broad SMARTS) is 1. The molecule has 1 aromatic carbocycles. The topological polar surface area (TPSA) is 71.4 Å². The maximum atomic E-state index is 13.5. The van der Waals surface area contributed by atoms with Crippen LogP contribution in [-0.4, -0.2) is 32.0 Å². The van der Waals surface area contributed by atoms with Crippen molar-refractivity contribution in [3.8, 4) is 0 Å². The molecule has 0 aliphatic carbocycles. The average Bonchev–Trinajstić information content (AvgIpc) is 2.14. The molecule has 0 unspecified atom stereocenters. The zero-order valence-corrected chi connectivity index (χ0v) is 10.2. The predicted molar refractivity (Wildman–Crippen MR) is 58.3 cm³/mol. The molecule has 0 heterocycles. The third kappa shape index (κ3) is 2.53. The lowest BCUT2D eigenvalue weighted by molar-refractivity contribution is 0.0696. The lowest BCUT2D eigenvalue weighted by atomic mass is 10.2. The molecular formula is C9H9FO4S2. The van der Waals surface area contributed by atoms with Crippen molar-refractivity contribution in [2.24, 2.45) is 0 Å². The molecule has 0 saturated heterocycles. The number of carbonyl (C=O) groups is 1. The van der Waals surface area contributed by atoms with Gasteiger partial charge in [0.05, 0.1) is 15.4 Å². The molecule has 0 aliphatic heterocycles. The minimum absolute atomic E-state index is 0.0625. The molecule has 0 aromatic heterocycles. The van der Waals surface area contributed by atoms with Crippen LogP contribution in [0.5, 0.6) is 0 Å². The molecular weight excluding hydrogens is 255 g/mol. The second kappa shape index (κ2) is 4.42. The summed E-state index contributed by atoms with van der Waals surface area (Å²) in [5.41, 5.74) is -0.379. The van der Waals surface area contributed by atoms with Gasteiger partial charge in [0.25, 0.3) is 0 Å². The Morgan fingerprint density at radius 1 is 1.44 bits per heavy atom. The SMILES string of the molecule is CSc1c(F)cc(C(=O)O)cc1S(C)(=O)=O. The molecule has 0 fully saturated rings. The Bertz CT molecular complexity index is 537. The minimum atomic E-state index is -3.65. The zero-order chi connectivity index (χ0) is 12.5. The molecule has 0 atom stereocenters. The van der Waals surface area contributed by atoms with Crippen LogP contribution in [0.15, 0.2) is 21.9 Å². The number of benzene rings is 1. The fourth-order valence-corrected chi connectivity index (χ4v) is 3.16. The highest BCUT2D eigenvalue weighted by Gasteiger charge is 2.20. The molecule has 0 spiro atoms. The number of carboxylic acids is 1. The van der Waals surface area contributed by atoms with Crippen LogP contribution >= 0.6 is 11.8 Å². The molecule has 0 aliphatic rings. The van der Waals surface area contributed by atoms with Crippen LogP contribution < -0.4 is 0 Å². The van der Waals surface area contributed by atoms with Crippen molar-refractivity contribution < 1.29 is 22.7 Å². The molecule has 0 amide bonds. The average molecular weight is 264 g/mol. The normalized spacial score (nSPS) is 11.4. The van der Waals surface area contributed by atoms with E-state index in [0.717, 1.165) is 30.2 Å². The first-order valence-corrected chi connectivity index (χ1v) is 7.20. The van der Waals surface area contributed by atoms with E-state index < -0.39 is 21.6 Å². The van der Waals surface area contributed by atoms with Gasteiger partial charge in [-0.15, -0.1) is 11.8 Å². The summed E-state index contributed by atoms with van der Waals surface area (Å²) < 4.78 is 36.2. The summed E-state index contributed by atoms with van der Waals surface area (Å²) in [4.78, 5) is 10.3. The van der Waals surface area contributed by atoms with Crippen molar-refractivity contribution in [1.82, 2.24) is 0 Å². The monoisotopic (exact) mass is 264 g/mol. The van der Waals surface area contributed by atoms with E-state index in [0.29, 0.717) is 0 Å². The first-order chi connectivity index (χ1) is 7.27. The van der Waals surface area contributed by atoms with Crippen molar-refractivity contribution in [3.05, 3.63) is 23.5 Å². The standard InChI is InChI=1S/C9H9FO4S2/c1-15-8-6(10)3-5(9(11)12)4-7(8)16(2,13)14/h3-4H,1-2H3,(H,11,12). The molecule has 1 N–H and O–H groups in total. The molecule has 88 valence electrons. The van der Waals surface area contributed by atoms with Crippen molar-refractivity contribution in [1.29, 1.82) is 0 Å². The number of halogens is 1. The molecule has 16 heavy (non-hydrogen) atoms. The van der Waals surface area contributed by atoms with Gasteiger partial charge >= 0.3 is 5.97 Å². The maximum Gasteiger partial charge on any atom is 0.335 e. The Labute approximate surface area is 96.4 Å². The van der Waals surface area contributed by atoms with Crippen LogP contribution in [0.1, 0.15) is 10.4 Å². The number of thioether (sulfide) groups is 1. The van der Waals surface area contributed by atoms with Gasteiger partial charge in [0.2, 0.25) is 0 Å². The fourth-order valence-electron chi connectivity index (χ4n) is 1.17. The van der Waals surface area contributed by atoms with Crippen LogP contribution in [0.4, 0.5) is 4.39 Å². The molecule has 0 saturated carbocycles.